The van der Waals surface area contributed by atoms with Gasteiger partial charge in [0, 0.05) is 18.0 Å². The lowest BCUT2D eigenvalue weighted by Gasteiger charge is -2.20. The summed E-state index contributed by atoms with van der Waals surface area (Å²) in [4.78, 5) is 9.16. The van der Waals surface area contributed by atoms with E-state index < -0.39 is 0 Å². The van der Waals surface area contributed by atoms with Crippen LogP contribution < -0.4 is 0 Å². The summed E-state index contributed by atoms with van der Waals surface area (Å²) in [5, 5.41) is 9.93. The van der Waals surface area contributed by atoms with Crippen molar-refractivity contribution in [2.75, 3.05) is 0 Å². The van der Waals surface area contributed by atoms with Crippen LogP contribution in [0.1, 0.15) is 0 Å². The van der Waals surface area contributed by atoms with Crippen molar-refractivity contribution in [3.05, 3.63) is 146 Å². The van der Waals surface area contributed by atoms with Crippen LogP contribution in [0.5, 0.6) is 0 Å². The fourth-order valence-corrected chi connectivity index (χ4v) is 6.23. The molecule has 0 N–H and O–H groups in total. The molecule has 1 aromatic heterocycles. The molecule has 40 heavy (non-hydrogen) atoms. The minimum Gasteiger partial charge on any atom is -0.237 e. The van der Waals surface area contributed by atoms with Crippen molar-refractivity contribution >= 4 is 43.1 Å². The topological polar surface area (TPSA) is 25.8 Å². The van der Waals surface area contributed by atoms with E-state index in [-0.39, 0.29) is 0 Å². The molecule has 186 valence electrons. The molecule has 8 aromatic rings. The summed E-state index contributed by atoms with van der Waals surface area (Å²) >= 11 is 0. The molecule has 2 nitrogen and oxygen atoms in total. The zero-order valence-electron chi connectivity index (χ0n) is 21.8. The van der Waals surface area contributed by atoms with Gasteiger partial charge in [-0.3, -0.25) is 0 Å². The highest BCUT2D eigenvalue weighted by Gasteiger charge is 2.19. The molecule has 0 bridgehead atoms. The lowest BCUT2D eigenvalue weighted by Crippen LogP contribution is -1.94. The number of benzene rings is 7. The van der Waals surface area contributed by atoms with Crippen LogP contribution in [0.3, 0.4) is 0 Å². The third-order valence-corrected chi connectivity index (χ3v) is 7.95. The quantitative estimate of drug-likeness (QED) is 0.175. The summed E-state index contributed by atoms with van der Waals surface area (Å²) in [7, 11) is 0. The van der Waals surface area contributed by atoms with E-state index in [4.69, 9.17) is 0 Å². The number of aromatic nitrogens is 2. The standard InChI is InChI=1S/C38H24N2/c1-2-11-25(12-3-1)36-31-17-8-9-18-32(31)37(35-24-27(19-20-33(35)36)38-39-21-10-22-40-38)34-23-26-13-4-5-14-28(26)29-15-6-7-16-30(29)34/h1-24H. The van der Waals surface area contributed by atoms with Crippen LogP contribution in [-0.2, 0) is 0 Å². The molecule has 0 unspecified atom stereocenters. The predicted molar refractivity (Wildman–Crippen MR) is 168 cm³/mol. The Bertz CT molecular complexity index is 2200. The Hall–Kier alpha value is -5.34. The molecule has 0 aliphatic heterocycles. The van der Waals surface area contributed by atoms with Gasteiger partial charge in [0.1, 0.15) is 0 Å². The molecular formula is C38H24N2. The van der Waals surface area contributed by atoms with Crippen molar-refractivity contribution < 1.29 is 0 Å². The molecule has 0 radical (unpaired) electrons. The number of hydrogen-bond donors (Lipinski definition) is 0. The second-order valence-electron chi connectivity index (χ2n) is 10.2. The Balaban J connectivity index is 1.60. The van der Waals surface area contributed by atoms with Crippen molar-refractivity contribution in [1.29, 1.82) is 0 Å². The zero-order chi connectivity index (χ0) is 26.5. The largest absolute Gasteiger partial charge is 0.237 e. The lowest BCUT2D eigenvalue weighted by atomic mass is 9.83. The van der Waals surface area contributed by atoms with Crippen LogP contribution in [0.25, 0.3) is 76.7 Å². The Morgan fingerprint density at radius 2 is 0.950 bits per heavy atom. The van der Waals surface area contributed by atoms with Gasteiger partial charge < -0.3 is 0 Å². The lowest BCUT2D eigenvalue weighted by molar-refractivity contribution is 1.18. The second-order valence-corrected chi connectivity index (χ2v) is 10.2. The first kappa shape index (κ1) is 22.6. The highest BCUT2D eigenvalue weighted by Crippen LogP contribution is 2.47. The molecule has 7 aromatic carbocycles. The summed E-state index contributed by atoms with van der Waals surface area (Å²) in [6, 6.07) is 48.0. The molecule has 0 saturated carbocycles. The number of fused-ring (bicyclic) bond motifs is 5. The van der Waals surface area contributed by atoms with Crippen LogP contribution >= 0.6 is 0 Å². The molecule has 0 atom stereocenters. The summed E-state index contributed by atoms with van der Waals surface area (Å²) in [5.74, 6) is 0.730. The fraction of sp³-hybridized carbons (Fsp3) is 0. The smallest absolute Gasteiger partial charge is 0.159 e. The third kappa shape index (κ3) is 3.50. The average Bonchev–Trinajstić information content (AvgIpc) is 3.04. The summed E-state index contributed by atoms with van der Waals surface area (Å²) in [5.41, 5.74) is 5.95. The molecule has 0 aliphatic carbocycles. The van der Waals surface area contributed by atoms with Gasteiger partial charge in [0.2, 0.25) is 0 Å². The Labute approximate surface area is 232 Å². The minimum absolute atomic E-state index is 0.730. The monoisotopic (exact) mass is 508 g/mol. The fourth-order valence-electron chi connectivity index (χ4n) is 6.23. The van der Waals surface area contributed by atoms with Gasteiger partial charge in [-0.2, -0.15) is 0 Å². The van der Waals surface area contributed by atoms with Gasteiger partial charge in [-0.15, -0.1) is 0 Å². The first-order valence-electron chi connectivity index (χ1n) is 13.6. The van der Waals surface area contributed by atoms with Crippen molar-refractivity contribution in [1.82, 2.24) is 9.97 Å². The van der Waals surface area contributed by atoms with Crippen LogP contribution in [-0.4, -0.2) is 9.97 Å². The number of rotatable bonds is 3. The maximum atomic E-state index is 4.58. The van der Waals surface area contributed by atoms with Crippen molar-refractivity contribution in [2.24, 2.45) is 0 Å². The van der Waals surface area contributed by atoms with Gasteiger partial charge in [-0.1, -0.05) is 115 Å². The van der Waals surface area contributed by atoms with Crippen LogP contribution in [0.2, 0.25) is 0 Å². The van der Waals surface area contributed by atoms with Gasteiger partial charge in [-0.25, -0.2) is 9.97 Å². The van der Waals surface area contributed by atoms with E-state index in [1.807, 2.05) is 6.07 Å². The predicted octanol–water partition coefficient (Wildman–Crippen LogP) is 10.1. The van der Waals surface area contributed by atoms with Gasteiger partial charge in [0.25, 0.3) is 0 Å². The van der Waals surface area contributed by atoms with E-state index >= 15 is 0 Å². The normalized spacial score (nSPS) is 11.5. The van der Waals surface area contributed by atoms with Gasteiger partial charge >= 0.3 is 0 Å². The first-order valence-corrected chi connectivity index (χ1v) is 13.6. The molecule has 1 heterocycles. The van der Waals surface area contributed by atoms with Crippen LogP contribution in [0.15, 0.2) is 146 Å². The number of hydrogen-bond acceptors (Lipinski definition) is 2. The molecule has 0 amide bonds. The van der Waals surface area contributed by atoms with E-state index in [0.717, 1.165) is 11.4 Å². The second kappa shape index (κ2) is 9.14. The van der Waals surface area contributed by atoms with E-state index in [0.29, 0.717) is 0 Å². The van der Waals surface area contributed by atoms with Gasteiger partial charge in [-0.05, 0) is 83.5 Å². The maximum Gasteiger partial charge on any atom is 0.159 e. The van der Waals surface area contributed by atoms with Crippen LogP contribution in [0.4, 0.5) is 0 Å². The SMILES string of the molecule is c1ccc(-c2c3ccccc3c(-c3cc4ccccc4c4ccccc34)c3cc(-c4ncccn4)ccc23)cc1. The van der Waals surface area contributed by atoms with Crippen molar-refractivity contribution in [3.8, 4) is 33.6 Å². The van der Waals surface area contributed by atoms with Gasteiger partial charge in [0.05, 0.1) is 0 Å². The summed E-state index contributed by atoms with van der Waals surface area (Å²) in [6.07, 6.45) is 3.61. The van der Waals surface area contributed by atoms with E-state index in [9.17, 15) is 0 Å². The van der Waals surface area contributed by atoms with Crippen LogP contribution in [0, 0.1) is 0 Å². The Kier molecular flexibility index (Phi) is 5.17. The van der Waals surface area contributed by atoms with Crippen molar-refractivity contribution in [3.63, 3.8) is 0 Å². The Morgan fingerprint density at radius 1 is 0.350 bits per heavy atom. The van der Waals surface area contributed by atoms with Gasteiger partial charge in [0.15, 0.2) is 5.82 Å². The summed E-state index contributed by atoms with van der Waals surface area (Å²) in [6.45, 7) is 0. The Morgan fingerprint density at radius 3 is 1.73 bits per heavy atom. The highest BCUT2D eigenvalue weighted by atomic mass is 14.8. The van der Waals surface area contributed by atoms with E-state index in [1.165, 1.54) is 65.3 Å². The molecular weight excluding hydrogens is 484 g/mol. The number of nitrogens with zero attached hydrogens (tertiary/aromatic N) is 2. The first-order chi connectivity index (χ1) is 19.9. The van der Waals surface area contributed by atoms with E-state index in [2.05, 4.69) is 137 Å². The summed E-state index contributed by atoms with van der Waals surface area (Å²) < 4.78 is 0. The molecule has 0 saturated heterocycles. The van der Waals surface area contributed by atoms with E-state index in [1.54, 1.807) is 12.4 Å². The molecule has 2 heteroatoms. The minimum atomic E-state index is 0.730. The molecule has 0 aliphatic rings. The molecule has 8 rings (SSSR count). The maximum absolute atomic E-state index is 4.58. The average molecular weight is 509 g/mol. The van der Waals surface area contributed by atoms with Crippen molar-refractivity contribution in [2.45, 2.75) is 0 Å². The zero-order valence-corrected chi connectivity index (χ0v) is 21.8. The molecule has 0 fully saturated rings. The third-order valence-electron chi connectivity index (χ3n) is 7.95. The molecule has 0 spiro atoms. The highest BCUT2D eigenvalue weighted by molar-refractivity contribution is 6.26.